The molecule has 0 N–H and O–H groups in total. The van der Waals surface area contributed by atoms with Crippen LogP contribution in [0.3, 0.4) is 0 Å². The van der Waals surface area contributed by atoms with Crippen molar-refractivity contribution in [3.05, 3.63) is 41.9 Å². The molecule has 1 aliphatic rings. The molecule has 1 unspecified atom stereocenters. The molecule has 1 saturated heterocycles. The molecule has 130 valence electrons. The van der Waals surface area contributed by atoms with Crippen molar-refractivity contribution in [2.24, 2.45) is 0 Å². The fourth-order valence-corrected chi connectivity index (χ4v) is 3.79. The molecule has 1 atom stereocenters. The first-order valence-electron chi connectivity index (χ1n) is 8.55. The molecule has 6 heteroatoms. The van der Waals surface area contributed by atoms with Crippen LogP contribution >= 0.6 is 11.8 Å². The number of amides is 1. The Labute approximate surface area is 147 Å². The number of thioether (sulfide) groups is 1. The van der Waals surface area contributed by atoms with Crippen LogP contribution in [0.4, 0.5) is 0 Å². The smallest absolute Gasteiger partial charge is 0.289 e. The second kappa shape index (κ2) is 7.92. The summed E-state index contributed by atoms with van der Waals surface area (Å²) in [7, 11) is 0. The van der Waals surface area contributed by atoms with Crippen LogP contribution in [0.5, 0.6) is 0 Å². The number of hydrogen-bond acceptors (Lipinski definition) is 4. The van der Waals surface area contributed by atoms with Gasteiger partial charge in [0.15, 0.2) is 5.76 Å². The molecule has 1 amide bonds. The van der Waals surface area contributed by atoms with E-state index in [-0.39, 0.29) is 11.9 Å². The summed E-state index contributed by atoms with van der Waals surface area (Å²) in [5, 5.41) is 0. The zero-order valence-corrected chi connectivity index (χ0v) is 15.2. The molecule has 0 aliphatic carbocycles. The highest BCUT2D eigenvalue weighted by atomic mass is 32.2. The van der Waals surface area contributed by atoms with Gasteiger partial charge in [0.1, 0.15) is 11.6 Å². The highest BCUT2D eigenvalue weighted by Crippen LogP contribution is 2.24. The van der Waals surface area contributed by atoms with Gasteiger partial charge in [0.25, 0.3) is 5.91 Å². The Kier molecular flexibility index (Phi) is 5.66. The van der Waals surface area contributed by atoms with E-state index in [4.69, 9.17) is 4.42 Å². The molecule has 0 aromatic carbocycles. The van der Waals surface area contributed by atoms with Crippen LogP contribution in [-0.4, -0.2) is 39.2 Å². The molecule has 0 saturated carbocycles. The van der Waals surface area contributed by atoms with Crippen LogP contribution in [0, 0.1) is 6.92 Å². The van der Waals surface area contributed by atoms with Gasteiger partial charge in [0.2, 0.25) is 0 Å². The zero-order valence-electron chi connectivity index (χ0n) is 14.4. The number of carbonyl (C=O) groups is 1. The SMILES string of the molecule is CSCc1ccc(C(=O)N2CCCCC2CCn2ccnc2C)o1. The van der Waals surface area contributed by atoms with Crippen molar-refractivity contribution >= 4 is 17.7 Å². The highest BCUT2D eigenvalue weighted by Gasteiger charge is 2.29. The van der Waals surface area contributed by atoms with Gasteiger partial charge in [0.05, 0.1) is 5.75 Å². The standard InChI is InChI=1S/C18H25N3O2S/c1-14-19-9-12-20(14)11-8-15-5-3-4-10-21(15)18(22)17-7-6-16(23-17)13-24-2/h6-7,9,12,15H,3-5,8,10-11,13H2,1-2H3. The van der Waals surface area contributed by atoms with Crippen LogP contribution in [0.2, 0.25) is 0 Å². The minimum atomic E-state index is 0.0365. The van der Waals surface area contributed by atoms with E-state index in [1.807, 2.05) is 42.6 Å². The highest BCUT2D eigenvalue weighted by molar-refractivity contribution is 7.97. The first-order chi connectivity index (χ1) is 11.7. The number of carbonyl (C=O) groups excluding carboxylic acids is 1. The quantitative estimate of drug-likeness (QED) is 0.799. The summed E-state index contributed by atoms with van der Waals surface area (Å²) >= 11 is 1.70. The Morgan fingerprint density at radius 1 is 1.42 bits per heavy atom. The van der Waals surface area contributed by atoms with Gasteiger partial charge >= 0.3 is 0 Å². The first-order valence-corrected chi connectivity index (χ1v) is 9.95. The molecule has 24 heavy (non-hydrogen) atoms. The molecular formula is C18H25N3O2S. The van der Waals surface area contributed by atoms with E-state index in [0.29, 0.717) is 5.76 Å². The number of furan rings is 1. The second-order valence-electron chi connectivity index (χ2n) is 6.30. The Balaban J connectivity index is 1.66. The van der Waals surface area contributed by atoms with Crippen LogP contribution in [-0.2, 0) is 12.3 Å². The molecule has 2 aromatic rings. The van der Waals surface area contributed by atoms with Crippen LogP contribution in [0.15, 0.2) is 28.9 Å². The Morgan fingerprint density at radius 2 is 2.29 bits per heavy atom. The van der Waals surface area contributed by atoms with Gasteiger partial charge in [-0.25, -0.2) is 4.98 Å². The fraction of sp³-hybridized carbons (Fsp3) is 0.556. The lowest BCUT2D eigenvalue weighted by molar-refractivity contribution is 0.0561. The maximum atomic E-state index is 12.9. The first kappa shape index (κ1) is 17.1. The van der Waals surface area contributed by atoms with Crippen LogP contribution in [0.1, 0.15) is 47.8 Å². The number of piperidine rings is 1. The lowest BCUT2D eigenvalue weighted by Crippen LogP contribution is -2.44. The van der Waals surface area contributed by atoms with Crippen molar-refractivity contribution in [2.75, 3.05) is 12.8 Å². The lowest BCUT2D eigenvalue weighted by atomic mass is 9.99. The summed E-state index contributed by atoms with van der Waals surface area (Å²) in [6.45, 7) is 3.74. The average molecular weight is 347 g/mol. The van der Waals surface area contributed by atoms with Crippen molar-refractivity contribution in [3.8, 4) is 0 Å². The third-order valence-electron chi connectivity index (χ3n) is 4.67. The molecule has 3 heterocycles. The summed E-state index contributed by atoms with van der Waals surface area (Å²) < 4.78 is 7.88. The molecule has 1 aliphatic heterocycles. The fourth-order valence-electron chi connectivity index (χ4n) is 3.35. The minimum absolute atomic E-state index is 0.0365. The maximum Gasteiger partial charge on any atom is 0.289 e. The van der Waals surface area contributed by atoms with Crippen molar-refractivity contribution < 1.29 is 9.21 Å². The largest absolute Gasteiger partial charge is 0.455 e. The van der Waals surface area contributed by atoms with Gasteiger partial charge in [-0.2, -0.15) is 11.8 Å². The van der Waals surface area contributed by atoms with Crippen molar-refractivity contribution in [3.63, 3.8) is 0 Å². The van der Waals surface area contributed by atoms with E-state index in [0.717, 1.165) is 49.7 Å². The predicted molar refractivity (Wildman–Crippen MR) is 96.2 cm³/mol. The van der Waals surface area contributed by atoms with Crippen molar-refractivity contribution in [2.45, 2.75) is 50.9 Å². The summed E-state index contributed by atoms with van der Waals surface area (Å²) in [5.74, 6) is 3.21. The van der Waals surface area contributed by atoms with Crippen LogP contribution in [0.25, 0.3) is 0 Å². The van der Waals surface area contributed by atoms with E-state index in [1.165, 1.54) is 6.42 Å². The number of nitrogens with zero attached hydrogens (tertiary/aromatic N) is 3. The van der Waals surface area contributed by atoms with E-state index in [1.54, 1.807) is 11.8 Å². The minimum Gasteiger partial charge on any atom is -0.455 e. The van der Waals surface area contributed by atoms with Gasteiger partial charge in [-0.05, 0) is 51.0 Å². The number of rotatable bonds is 6. The second-order valence-corrected chi connectivity index (χ2v) is 7.17. The van der Waals surface area contributed by atoms with Crippen LogP contribution < -0.4 is 0 Å². The normalized spacial score (nSPS) is 18.1. The van der Waals surface area contributed by atoms with Gasteiger partial charge in [0, 0.05) is 31.5 Å². The molecule has 1 fully saturated rings. The molecule has 2 aromatic heterocycles. The number of likely N-dealkylation sites (tertiary alicyclic amines) is 1. The van der Waals surface area contributed by atoms with Gasteiger partial charge in [-0.3, -0.25) is 4.79 Å². The van der Waals surface area contributed by atoms with Gasteiger partial charge in [-0.15, -0.1) is 0 Å². The number of aromatic nitrogens is 2. The zero-order chi connectivity index (χ0) is 16.9. The molecule has 3 rings (SSSR count). The summed E-state index contributed by atoms with van der Waals surface area (Å²) in [6.07, 6.45) is 10.2. The van der Waals surface area contributed by atoms with E-state index in [2.05, 4.69) is 9.55 Å². The lowest BCUT2D eigenvalue weighted by Gasteiger charge is -2.35. The molecule has 0 radical (unpaired) electrons. The number of hydrogen-bond donors (Lipinski definition) is 0. The predicted octanol–water partition coefficient (Wildman–Crippen LogP) is 3.73. The van der Waals surface area contributed by atoms with E-state index < -0.39 is 0 Å². The Bertz CT molecular complexity index is 679. The summed E-state index contributed by atoms with van der Waals surface area (Å²) in [4.78, 5) is 19.1. The van der Waals surface area contributed by atoms with Crippen molar-refractivity contribution in [1.29, 1.82) is 0 Å². The molecule has 5 nitrogen and oxygen atoms in total. The van der Waals surface area contributed by atoms with Gasteiger partial charge < -0.3 is 13.9 Å². The monoisotopic (exact) mass is 347 g/mol. The average Bonchev–Trinajstić information content (AvgIpc) is 3.22. The Morgan fingerprint density at radius 3 is 3.04 bits per heavy atom. The number of imidazole rings is 1. The van der Waals surface area contributed by atoms with Gasteiger partial charge in [-0.1, -0.05) is 0 Å². The summed E-state index contributed by atoms with van der Waals surface area (Å²) in [5.41, 5.74) is 0. The Hall–Kier alpha value is -1.69. The third kappa shape index (κ3) is 3.86. The maximum absolute atomic E-state index is 12.9. The van der Waals surface area contributed by atoms with Crippen molar-refractivity contribution in [1.82, 2.24) is 14.5 Å². The molecular weight excluding hydrogens is 322 g/mol. The topological polar surface area (TPSA) is 51.3 Å². The number of aryl methyl sites for hydroxylation is 2. The molecule has 0 spiro atoms. The van der Waals surface area contributed by atoms with E-state index >= 15 is 0 Å². The van der Waals surface area contributed by atoms with E-state index in [9.17, 15) is 4.79 Å². The molecule has 0 bridgehead atoms. The summed E-state index contributed by atoms with van der Waals surface area (Å²) in [6, 6.07) is 4.01. The third-order valence-corrected chi connectivity index (χ3v) is 5.25.